The number of hydrogen-bond acceptors (Lipinski definition) is 5. The maximum atomic E-state index is 10.8. The van der Waals surface area contributed by atoms with Gasteiger partial charge in [0.25, 0.3) is 0 Å². The smallest absolute Gasteiger partial charge is 0.392 e. The Balaban J connectivity index is 2.36. The van der Waals surface area contributed by atoms with Crippen LogP contribution in [0.15, 0.2) is 24.4 Å². The number of aromatic nitrogens is 2. The Kier molecular flexibility index (Phi) is 3.79. The number of nitrogens with zero attached hydrogens (tertiary/aromatic N) is 3. The predicted molar refractivity (Wildman–Crippen MR) is 71.1 cm³/mol. The van der Waals surface area contributed by atoms with Gasteiger partial charge in [0.2, 0.25) is 0 Å². The molecule has 20 heavy (non-hydrogen) atoms. The lowest BCUT2D eigenvalue weighted by molar-refractivity contribution is -0.390. The minimum absolute atomic E-state index is 0.171. The lowest BCUT2D eigenvalue weighted by Gasteiger charge is -2.07. The second kappa shape index (κ2) is 5.52. The van der Waals surface area contributed by atoms with Gasteiger partial charge in [-0.15, -0.1) is 0 Å². The van der Waals surface area contributed by atoms with Crippen LogP contribution in [0.25, 0.3) is 0 Å². The molecule has 0 spiro atoms. The normalized spacial score (nSPS) is 10.3. The van der Waals surface area contributed by atoms with E-state index in [1.165, 1.54) is 11.8 Å². The first-order chi connectivity index (χ1) is 9.55. The minimum atomic E-state index is -0.523. The molecule has 0 saturated carbocycles. The van der Waals surface area contributed by atoms with Gasteiger partial charge < -0.3 is 14.9 Å². The van der Waals surface area contributed by atoms with Crippen molar-refractivity contribution < 1.29 is 14.5 Å². The molecule has 1 heterocycles. The van der Waals surface area contributed by atoms with E-state index >= 15 is 0 Å². The van der Waals surface area contributed by atoms with Crippen molar-refractivity contribution >= 4 is 12.1 Å². The van der Waals surface area contributed by atoms with Crippen molar-refractivity contribution in [2.75, 3.05) is 7.11 Å². The summed E-state index contributed by atoms with van der Waals surface area (Å²) in [6.07, 6.45) is 2.32. The van der Waals surface area contributed by atoms with Gasteiger partial charge in [0.1, 0.15) is 12.0 Å². The van der Waals surface area contributed by atoms with Gasteiger partial charge in [0, 0.05) is 11.1 Å². The third kappa shape index (κ3) is 2.66. The number of carbonyl (C=O) groups excluding carboxylic acids is 1. The maximum Gasteiger partial charge on any atom is 0.392 e. The van der Waals surface area contributed by atoms with Crippen LogP contribution in [0.5, 0.6) is 5.75 Å². The van der Waals surface area contributed by atoms with E-state index in [0.717, 1.165) is 11.8 Å². The molecule has 0 unspecified atom stereocenters. The standard InChI is InChI=1S/C13H13N3O4/c1-9-6-15(14-13(9)16(18)19)7-11-5-10(8-17)3-4-12(11)20-2/h3-6,8H,7H2,1-2H3. The summed E-state index contributed by atoms with van der Waals surface area (Å²) in [4.78, 5) is 21.1. The zero-order chi connectivity index (χ0) is 14.7. The van der Waals surface area contributed by atoms with Crippen LogP contribution in [-0.2, 0) is 6.54 Å². The van der Waals surface area contributed by atoms with Crippen molar-refractivity contribution in [2.24, 2.45) is 0 Å². The minimum Gasteiger partial charge on any atom is -0.496 e. The summed E-state index contributed by atoms with van der Waals surface area (Å²) in [7, 11) is 1.52. The highest BCUT2D eigenvalue weighted by atomic mass is 16.6. The molecule has 0 aliphatic carbocycles. The zero-order valence-corrected chi connectivity index (χ0v) is 11.1. The number of hydrogen-bond donors (Lipinski definition) is 0. The van der Waals surface area contributed by atoms with Crippen molar-refractivity contribution in [1.29, 1.82) is 0 Å². The molecule has 0 aliphatic rings. The molecular weight excluding hydrogens is 262 g/mol. The van der Waals surface area contributed by atoms with Crippen molar-refractivity contribution in [3.8, 4) is 5.75 Å². The molecule has 1 aromatic heterocycles. The first kappa shape index (κ1) is 13.7. The summed E-state index contributed by atoms with van der Waals surface area (Å²) in [5, 5.41) is 14.7. The Hall–Kier alpha value is -2.70. The maximum absolute atomic E-state index is 10.8. The second-order valence-electron chi connectivity index (χ2n) is 4.28. The van der Waals surface area contributed by atoms with Crippen LogP contribution in [0, 0.1) is 17.0 Å². The fourth-order valence-electron chi connectivity index (χ4n) is 1.94. The first-order valence-corrected chi connectivity index (χ1v) is 5.85. The van der Waals surface area contributed by atoms with Crippen LogP contribution in [0.2, 0.25) is 0 Å². The average Bonchev–Trinajstić information content (AvgIpc) is 2.79. The lowest BCUT2D eigenvalue weighted by Crippen LogP contribution is -2.04. The Morgan fingerprint density at radius 3 is 2.80 bits per heavy atom. The van der Waals surface area contributed by atoms with Gasteiger partial charge in [-0.3, -0.25) is 4.79 Å². The summed E-state index contributed by atoms with van der Waals surface area (Å²) in [5.41, 5.74) is 1.73. The molecule has 1 aromatic carbocycles. The van der Waals surface area contributed by atoms with Crippen molar-refractivity contribution in [3.05, 3.63) is 51.2 Å². The number of aryl methyl sites for hydroxylation is 1. The summed E-state index contributed by atoms with van der Waals surface area (Å²) in [6.45, 7) is 1.92. The Bertz CT molecular complexity index is 664. The van der Waals surface area contributed by atoms with Crippen molar-refractivity contribution in [3.63, 3.8) is 0 Å². The molecule has 0 bridgehead atoms. The van der Waals surface area contributed by atoms with Gasteiger partial charge in [-0.1, -0.05) is 0 Å². The Morgan fingerprint density at radius 2 is 2.25 bits per heavy atom. The van der Waals surface area contributed by atoms with E-state index in [2.05, 4.69) is 5.10 Å². The number of methoxy groups -OCH3 is 1. The molecule has 0 atom stereocenters. The fourth-order valence-corrected chi connectivity index (χ4v) is 1.94. The number of benzene rings is 1. The van der Waals surface area contributed by atoms with E-state index in [4.69, 9.17) is 4.74 Å². The number of nitro groups is 1. The molecule has 7 nitrogen and oxygen atoms in total. The molecule has 2 aromatic rings. The van der Waals surface area contributed by atoms with Gasteiger partial charge >= 0.3 is 5.82 Å². The molecule has 2 rings (SSSR count). The van der Waals surface area contributed by atoms with Crippen LogP contribution < -0.4 is 4.74 Å². The van der Waals surface area contributed by atoms with Crippen LogP contribution in [-0.4, -0.2) is 28.1 Å². The molecular formula is C13H13N3O4. The molecule has 0 amide bonds. The summed E-state index contributed by atoms with van der Waals surface area (Å²) >= 11 is 0. The molecule has 0 aliphatic heterocycles. The molecule has 7 heteroatoms. The average molecular weight is 275 g/mol. The highest BCUT2D eigenvalue weighted by molar-refractivity contribution is 5.75. The van der Waals surface area contributed by atoms with Crippen molar-refractivity contribution in [1.82, 2.24) is 9.78 Å². The molecule has 0 saturated heterocycles. The quantitative estimate of drug-likeness (QED) is 0.473. The summed E-state index contributed by atoms with van der Waals surface area (Å²) < 4.78 is 6.67. The highest BCUT2D eigenvalue weighted by Crippen LogP contribution is 2.22. The number of aldehydes is 1. The molecule has 104 valence electrons. The summed E-state index contributed by atoms with van der Waals surface area (Å²) in [6, 6.07) is 5.00. The van der Waals surface area contributed by atoms with Crippen LogP contribution in [0.4, 0.5) is 5.82 Å². The zero-order valence-electron chi connectivity index (χ0n) is 11.1. The van der Waals surface area contributed by atoms with E-state index in [0.29, 0.717) is 23.4 Å². The molecule has 0 radical (unpaired) electrons. The van der Waals surface area contributed by atoms with Crippen LogP contribution >= 0.6 is 0 Å². The van der Waals surface area contributed by atoms with Crippen LogP contribution in [0.1, 0.15) is 21.5 Å². The van der Waals surface area contributed by atoms with Crippen LogP contribution in [0.3, 0.4) is 0 Å². The summed E-state index contributed by atoms with van der Waals surface area (Å²) in [5.74, 6) is 0.432. The number of rotatable bonds is 5. The van der Waals surface area contributed by atoms with Gasteiger partial charge in [0.15, 0.2) is 0 Å². The van der Waals surface area contributed by atoms with E-state index in [1.807, 2.05) is 0 Å². The fraction of sp³-hybridized carbons (Fsp3) is 0.231. The monoisotopic (exact) mass is 275 g/mol. The third-order valence-electron chi connectivity index (χ3n) is 2.86. The number of carbonyl (C=O) groups is 1. The highest BCUT2D eigenvalue weighted by Gasteiger charge is 2.18. The van der Waals surface area contributed by atoms with Gasteiger partial charge in [-0.05, 0) is 30.0 Å². The van der Waals surface area contributed by atoms with E-state index in [1.54, 1.807) is 31.3 Å². The second-order valence-corrected chi connectivity index (χ2v) is 4.28. The SMILES string of the molecule is COc1ccc(C=O)cc1Cn1cc(C)c([N+](=O)[O-])n1. The van der Waals surface area contributed by atoms with E-state index in [-0.39, 0.29) is 5.82 Å². The Labute approximate surface area is 114 Å². The molecule has 0 fully saturated rings. The van der Waals surface area contributed by atoms with E-state index in [9.17, 15) is 14.9 Å². The van der Waals surface area contributed by atoms with Gasteiger partial charge in [0.05, 0.1) is 30.5 Å². The largest absolute Gasteiger partial charge is 0.496 e. The van der Waals surface area contributed by atoms with Gasteiger partial charge in [-0.25, -0.2) is 0 Å². The molecule has 0 N–H and O–H groups in total. The first-order valence-electron chi connectivity index (χ1n) is 5.85. The number of ether oxygens (including phenoxy) is 1. The van der Waals surface area contributed by atoms with E-state index < -0.39 is 4.92 Å². The van der Waals surface area contributed by atoms with Crippen molar-refractivity contribution in [2.45, 2.75) is 13.5 Å². The Morgan fingerprint density at radius 1 is 1.50 bits per heavy atom. The topological polar surface area (TPSA) is 87.3 Å². The lowest BCUT2D eigenvalue weighted by atomic mass is 10.1. The van der Waals surface area contributed by atoms with Gasteiger partial charge in [-0.2, -0.15) is 4.68 Å². The third-order valence-corrected chi connectivity index (χ3v) is 2.86. The predicted octanol–water partition coefficient (Wildman–Crippen LogP) is 1.97.